The zero-order valence-corrected chi connectivity index (χ0v) is 17.6. The molecule has 0 spiro atoms. The summed E-state index contributed by atoms with van der Waals surface area (Å²) in [4.78, 5) is 0. The molecule has 1 unspecified atom stereocenters. The predicted octanol–water partition coefficient (Wildman–Crippen LogP) is 1.98. The number of rotatable bonds is 10. The Balaban J connectivity index is 2.34. The molecule has 0 aliphatic heterocycles. The van der Waals surface area contributed by atoms with E-state index in [-0.39, 0.29) is 18.3 Å². The molecule has 0 saturated carbocycles. The lowest BCUT2D eigenvalue weighted by molar-refractivity contribution is 0.0132. The summed E-state index contributed by atoms with van der Waals surface area (Å²) in [5.41, 5.74) is -0.597. The molecule has 2 rings (SSSR count). The maximum Gasteiger partial charge on any atom is 0.156 e. The smallest absolute Gasteiger partial charge is 0.156 e. The summed E-state index contributed by atoms with van der Waals surface area (Å²) in [5.74, 6) is 0. The van der Waals surface area contributed by atoms with Crippen LogP contribution in [0.4, 0.5) is 0 Å². The molecule has 1 atom stereocenters. The normalized spacial score (nSPS) is 13.5. The van der Waals surface area contributed by atoms with Crippen molar-refractivity contribution in [2.45, 2.75) is 31.5 Å². The fourth-order valence-electron chi connectivity index (χ4n) is 3.92. The standard InChI is InChI=1S/C22H32O4Si/c1-22(2,3)27(19-10-6-4-7-11-19,20-12-8-5-9-13-20)21(24)18-26-17-16-25-15-14-23/h4-13,21,23-24H,14-18H2,1-3H3. The van der Waals surface area contributed by atoms with Crippen LogP contribution in [-0.2, 0) is 9.47 Å². The highest BCUT2D eigenvalue weighted by atomic mass is 28.3. The van der Waals surface area contributed by atoms with E-state index in [1.165, 1.54) is 10.4 Å². The Bertz CT molecular complexity index is 616. The largest absolute Gasteiger partial charge is 0.394 e. The lowest BCUT2D eigenvalue weighted by atomic mass is 10.2. The zero-order chi connectivity index (χ0) is 19.8. The maximum atomic E-state index is 11.5. The van der Waals surface area contributed by atoms with Crippen molar-refractivity contribution < 1.29 is 19.7 Å². The second-order valence-corrected chi connectivity index (χ2v) is 12.7. The average molecular weight is 389 g/mol. The predicted molar refractivity (Wildman–Crippen MR) is 112 cm³/mol. The van der Waals surface area contributed by atoms with Gasteiger partial charge >= 0.3 is 0 Å². The van der Waals surface area contributed by atoms with Crippen molar-refractivity contribution in [1.82, 2.24) is 0 Å². The molecule has 5 heteroatoms. The van der Waals surface area contributed by atoms with Gasteiger partial charge in [-0.05, 0) is 5.04 Å². The first-order chi connectivity index (χ1) is 12.9. The topological polar surface area (TPSA) is 58.9 Å². The van der Waals surface area contributed by atoms with Crippen LogP contribution in [0.3, 0.4) is 0 Å². The number of ether oxygens (including phenoxy) is 2. The molecule has 0 amide bonds. The van der Waals surface area contributed by atoms with E-state index >= 15 is 0 Å². The summed E-state index contributed by atoms with van der Waals surface area (Å²) in [6.45, 7) is 8.02. The molecule has 0 aromatic heterocycles. The Morgan fingerprint density at radius 2 is 1.30 bits per heavy atom. The van der Waals surface area contributed by atoms with Crippen molar-refractivity contribution >= 4 is 18.4 Å². The van der Waals surface area contributed by atoms with Crippen LogP contribution < -0.4 is 10.4 Å². The molecule has 0 bridgehead atoms. The minimum Gasteiger partial charge on any atom is -0.394 e. The first-order valence-corrected chi connectivity index (χ1v) is 11.6. The SMILES string of the molecule is CC(C)(C)[Si](c1ccccc1)(c1ccccc1)C(O)COCCOCCO. The lowest BCUT2D eigenvalue weighted by Crippen LogP contribution is -2.72. The maximum absolute atomic E-state index is 11.5. The first kappa shape index (κ1) is 21.8. The molecule has 27 heavy (non-hydrogen) atoms. The number of benzene rings is 2. The van der Waals surface area contributed by atoms with Crippen LogP contribution in [0.15, 0.2) is 60.7 Å². The van der Waals surface area contributed by atoms with Gasteiger partial charge in [-0.15, -0.1) is 0 Å². The molecule has 2 aromatic carbocycles. The molecule has 2 aromatic rings. The van der Waals surface area contributed by atoms with Crippen LogP contribution in [0.25, 0.3) is 0 Å². The van der Waals surface area contributed by atoms with Crippen molar-refractivity contribution in [1.29, 1.82) is 0 Å². The highest BCUT2D eigenvalue weighted by Gasteiger charge is 2.52. The number of aliphatic hydroxyl groups excluding tert-OH is 2. The quantitative estimate of drug-likeness (QED) is 0.483. The molecule has 4 nitrogen and oxygen atoms in total. The van der Waals surface area contributed by atoms with Gasteiger partial charge in [0.1, 0.15) is 0 Å². The molecular formula is C22H32O4Si. The Kier molecular flexibility index (Phi) is 8.20. The van der Waals surface area contributed by atoms with Crippen molar-refractivity contribution in [2.24, 2.45) is 0 Å². The van der Waals surface area contributed by atoms with Crippen molar-refractivity contribution in [2.75, 3.05) is 33.0 Å². The fraction of sp³-hybridized carbons (Fsp3) is 0.455. The summed E-state index contributed by atoms with van der Waals surface area (Å²) in [6, 6.07) is 20.7. The fourth-order valence-corrected chi connectivity index (χ4v) is 9.56. The van der Waals surface area contributed by atoms with E-state index in [9.17, 15) is 5.11 Å². The van der Waals surface area contributed by atoms with Gasteiger partial charge in [0.2, 0.25) is 0 Å². The summed E-state index contributed by atoms with van der Waals surface area (Å²) >= 11 is 0. The molecule has 0 aliphatic rings. The third-order valence-corrected chi connectivity index (χ3v) is 11.0. The average Bonchev–Trinajstić information content (AvgIpc) is 2.66. The van der Waals surface area contributed by atoms with E-state index in [2.05, 4.69) is 45.0 Å². The van der Waals surface area contributed by atoms with Crippen LogP contribution >= 0.6 is 0 Å². The van der Waals surface area contributed by atoms with Crippen LogP contribution in [0.2, 0.25) is 5.04 Å². The Morgan fingerprint density at radius 3 is 1.74 bits per heavy atom. The van der Waals surface area contributed by atoms with Gasteiger partial charge in [-0.2, -0.15) is 0 Å². The molecule has 148 valence electrons. The molecule has 2 N–H and O–H groups in total. The Hall–Kier alpha value is -1.50. The van der Waals surface area contributed by atoms with Gasteiger partial charge < -0.3 is 19.7 Å². The molecular weight excluding hydrogens is 356 g/mol. The molecule has 0 fully saturated rings. The van der Waals surface area contributed by atoms with E-state index in [0.717, 1.165) is 0 Å². The van der Waals surface area contributed by atoms with Gasteiger partial charge in [-0.25, -0.2) is 0 Å². The van der Waals surface area contributed by atoms with Gasteiger partial charge in [0.15, 0.2) is 8.07 Å². The second-order valence-electron chi connectivity index (χ2n) is 7.72. The van der Waals surface area contributed by atoms with E-state index in [1.54, 1.807) is 0 Å². The minimum absolute atomic E-state index is 0.00465. The van der Waals surface area contributed by atoms with Crippen LogP contribution in [0, 0.1) is 0 Å². The third kappa shape index (κ3) is 5.06. The number of aliphatic hydroxyl groups is 2. The van der Waals surface area contributed by atoms with E-state index in [4.69, 9.17) is 14.6 Å². The number of hydrogen-bond acceptors (Lipinski definition) is 4. The summed E-state index contributed by atoms with van der Waals surface area (Å²) < 4.78 is 11.0. The number of hydrogen-bond donors (Lipinski definition) is 2. The molecule has 0 aliphatic carbocycles. The lowest BCUT2D eigenvalue weighted by Gasteiger charge is -2.47. The Morgan fingerprint density at radius 1 is 0.815 bits per heavy atom. The first-order valence-electron chi connectivity index (χ1n) is 9.50. The van der Waals surface area contributed by atoms with Gasteiger partial charge in [0.25, 0.3) is 0 Å². The van der Waals surface area contributed by atoms with Crippen LogP contribution in [0.5, 0.6) is 0 Å². The van der Waals surface area contributed by atoms with E-state index in [1.807, 2.05) is 36.4 Å². The van der Waals surface area contributed by atoms with Gasteiger partial charge in [0, 0.05) is 0 Å². The Labute approximate surface area is 163 Å². The van der Waals surface area contributed by atoms with Crippen LogP contribution in [0.1, 0.15) is 20.8 Å². The zero-order valence-electron chi connectivity index (χ0n) is 16.6. The van der Waals surface area contributed by atoms with Crippen LogP contribution in [-0.4, -0.2) is 57.0 Å². The minimum atomic E-state index is -2.58. The molecule has 0 heterocycles. The molecule has 0 saturated heterocycles. The van der Waals surface area contributed by atoms with Gasteiger partial charge in [-0.1, -0.05) is 91.8 Å². The highest BCUT2D eigenvalue weighted by molar-refractivity contribution is 7.05. The van der Waals surface area contributed by atoms with Crippen molar-refractivity contribution in [3.63, 3.8) is 0 Å². The van der Waals surface area contributed by atoms with E-state index in [0.29, 0.717) is 19.8 Å². The monoisotopic (exact) mass is 388 g/mol. The van der Waals surface area contributed by atoms with E-state index < -0.39 is 13.8 Å². The van der Waals surface area contributed by atoms with Crippen molar-refractivity contribution in [3.8, 4) is 0 Å². The second kappa shape index (κ2) is 10.2. The third-order valence-electron chi connectivity index (χ3n) is 5.02. The van der Waals surface area contributed by atoms with Gasteiger partial charge in [-0.3, -0.25) is 0 Å². The summed E-state index contributed by atoms with van der Waals surface area (Å²) in [5, 5.41) is 22.5. The highest BCUT2D eigenvalue weighted by Crippen LogP contribution is 2.38. The summed E-state index contributed by atoms with van der Waals surface area (Å²) in [7, 11) is -2.58. The molecule has 0 radical (unpaired) electrons. The van der Waals surface area contributed by atoms with Gasteiger partial charge in [0.05, 0.1) is 38.8 Å². The van der Waals surface area contributed by atoms with Crippen molar-refractivity contribution in [3.05, 3.63) is 60.7 Å². The summed E-state index contributed by atoms with van der Waals surface area (Å²) in [6.07, 6.45) is 0.